The van der Waals surface area contributed by atoms with E-state index in [4.69, 9.17) is 9.47 Å². The maximum Gasteiger partial charge on any atom is 0.352 e. The molecule has 1 rings (SSSR count). The van der Waals surface area contributed by atoms with Gasteiger partial charge in [-0.15, -0.1) is 0 Å². The summed E-state index contributed by atoms with van der Waals surface area (Å²) in [5.41, 5.74) is -5.97. The number of ketones is 2. The Morgan fingerprint density at radius 2 is 1.71 bits per heavy atom. The minimum absolute atomic E-state index is 0.114. The summed E-state index contributed by atoms with van der Waals surface area (Å²) in [7, 11) is 1.47. The van der Waals surface area contributed by atoms with Crippen molar-refractivity contribution in [3.8, 4) is 0 Å². The van der Waals surface area contributed by atoms with Crippen LogP contribution >= 0.6 is 22.6 Å². The Morgan fingerprint density at radius 3 is 2.16 bits per heavy atom. The van der Waals surface area contributed by atoms with Crippen molar-refractivity contribution in [3.05, 3.63) is 0 Å². The highest BCUT2D eigenvalue weighted by molar-refractivity contribution is 14.1. The van der Waals surface area contributed by atoms with E-state index in [0.717, 1.165) is 6.92 Å². The first-order chi connectivity index (χ1) is 13.9. The lowest BCUT2D eigenvalue weighted by molar-refractivity contribution is -0.180. The topological polar surface area (TPSA) is 110 Å². The van der Waals surface area contributed by atoms with E-state index in [2.05, 4.69) is 0 Å². The van der Waals surface area contributed by atoms with Crippen molar-refractivity contribution in [3.63, 3.8) is 0 Å². The van der Waals surface area contributed by atoms with E-state index in [1.54, 1.807) is 36.4 Å². The minimum atomic E-state index is -2.94. The fourth-order valence-corrected chi connectivity index (χ4v) is 4.92. The van der Waals surface area contributed by atoms with E-state index in [1.807, 2.05) is 13.8 Å². The second-order valence-electron chi connectivity index (χ2n) is 9.69. The molecule has 9 heteroatoms. The Labute approximate surface area is 197 Å². The van der Waals surface area contributed by atoms with Crippen LogP contribution < -0.4 is 0 Å². The molecule has 31 heavy (non-hydrogen) atoms. The molecule has 1 aliphatic rings. The number of ether oxygens (including phenoxy) is 2. The third-order valence-corrected chi connectivity index (χ3v) is 8.27. The molecule has 1 aliphatic heterocycles. The molecule has 0 aromatic rings. The Morgan fingerprint density at radius 1 is 1.19 bits per heavy atom. The van der Waals surface area contributed by atoms with E-state index in [9.17, 15) is 24.6 Å². The fraction of sp³-hybridized carbons (Fsp3) is 0.864. The molecule has 0 aliphatic carbocycles. The van der Waals surface area contributed by atoms with Crippen LogP contribution in [0.25, 0.3) is 0 Å². The van der Waals surface area contributed by atoms with E-state index < -0.39 is 56.6 Å². The number of carbonyl (C=O) groups excluding carboxylic acids is 3. The normalized spacial score (nSPS) is 44.2. The van der Waals surface area contributed by atoms with E-state index in [1.165, 1.54) is 21.0 Å². The van der Waals surface area contributed by atoms with Crippen molar-refractivity contribution in [2.45, 2.75) is 88.4 Å². The van der Waals surface area contributed by atoms with Crippen LogP contribution in [-0.4, -0.2) is 61.9 Å². The summed E-state index contributed by atoms with van der Waals surface area (Å²) < 4.78 is 24.7. The predicted octanol–water partition coefficient (Wildman–Crippen LogP) is 3.01. The molecule has 1 heterocycles. The largest absolute Gasteiger partial charge is 0.446 e. The lowest BCUT2D eigenvalue weighted by Gasteiger charge is -2.42. The number of hydrogen-bond donors (Lipinski definition) is 2. The van der Waals surface area contributed by atoms with E-state index >= 15 is 4.39 Å². The van der Waals surface area contributed by atoms with Gasteiger partial charge in [0.1, 0.15) is 11.4 Å². The lowest BCUT2D eigenvalue weighted by atomic mass is 9.70. The van der Waals surface area contributed by atoms with Crippen molar-refractivity contribution in [2.75, 3.05) is 7.11 Å². The first-order valence-corrected chi connectivity index (χ1v) is 11.7. The van der Waals surface area contributed by atoms with Gasteiger partial charge in [-0.3, -0.25) is 9.59 Å². The molecule has 0 saturated carbocycles. The molecule has 0 amide bonds. The molecule has 0 aromatic carbocycles. The van der Waals surface area contributed by atoms with Crippen LogP contribution in [0, 0.1) is 23.7 Å². The number of hydrogen-bond acceptors (Lipinski definition) is 7. The summed E-state index contributed by atoms with van der Waals surface area (Å²) in [5, 5.41) is 21.5. The van der Waals surface area contributed by atoms with Crippen molar-refractivity contribution in [2.24, 2.45) is 23.7 Å². The van der Waals surface area contributed by atoms with Gasteiger partial charge >= 0.3 is 5.97 Å². The lowest BCUT2D eigenvalue weighted by Crippen LogP contribution is -2.56. The van der Waals surface area contributed by atoms with Gasteiger partial charge in [0.25, 0.3) is 5.67 Å². The second kappa shape index (κ2) is 10.1. The van der Waals surface area contributed by atoms with Crippen LogP contribution in [0.5, 0.6) is 0 Å². The maximum atomic E-state index is 15.3. The molecule has 7 nitrogen and oxygen atoms in total. The van der Waals surface area contributed by atoms with Gasteiger partial charge in [0.05, 0.1) is 11.7 Å². The van der Waals surface area contributed by atoms with Gasteiger partial charge in [-0.25, -0.2) is 9.18 Å². The van der Waals surface area contributed by atoms with Crippen LogP contribution in [-0.2, 0) is 23.9 Å². The Balaban J connectivity index is 3.56. The van der Waals surface area contributed by atoms with Crippen LogP contribution in [0.4, 0.5) is 4.39 Å². The highest BCUT2D eigenvalue weighted by atomic mass is 127. The van der Waals surface area contributed by atoms with Gasteiger partial charge in [-0.2, -0.15) is 0 Å². The van der Waals surface area contributed by atoms with Gasteiger partial charge in [0.15, 0.2) is 9.89 Å². The van der Waals surface area contributed by atoms with Gasteiger partial charge < -0.3 is 19.7 Å². The molecular weight excluding hydrogens is 522 g/mol. The molecular formula is C22H36FIO7. The zero-order valence-corrected chi connectivity index (χ0v) is 21.7. The van der Waals surface area contributed by atoms with E-state index in [-0.39, 0.29) is 24.5 Å². The standard InChI is InChI=1S/C22H36FIO7/c1-11(2)14-9-15(25)21(6,23)19(28)31-18(24)22(7,29)17(27)13(4)16(26)12(3)10-20(14,5)30-8/h11-14,17-18,27,29H,9-10H2,1-8H3/t12-,13+,14+,17-,18+,20-,21+,22+/m1/s1. The summed E-state index contributed by atoms with van der Waals surface area (Å²) in [5.74, 6) is -4.87. The third kappa shape index (κ3) is 5.83. The highest BCUT2D eigenvalue weighted by Gasteiger charge is 2.52. The zero-order chi connectivity index (χ0) is 24.5. The van der Waals surface area contributed by atoms with Gasteiger partial charge in [0.2, 0.25) is 0 Å². The van der Waals surface area contributed by atoms with E-state index in [0.29, 0.717) is 0 Å². The van der Waals surface area contributed by atoms with Crippen LogP contribution in [0.15, 0.2) is 0 Å². The third-order valence-electron chi connectivity index (χ3n) is 6.76. The van der Waals surface area contributed by atoms with Crippen molar-refractivity contribution >= 4 is 40.1 Å². The van der Waals surface area contributed by atoms with Crippen molar-refractivity contribution in [1.82, 2.24) is 0 Å². The monoisotopic (exact) mass is 558 g/mol. The molecule has 2 N–H and O–H groups in total. The predicted molar refractivity (Wildman–Crippen MR) is 121 cm³/mol. The summed E-state index contributed by atoms with van der Waals surface area (Å²) in [6.07, 6.45) is -1.65. The molecule has 0 bridgehead atoms. The number of rotatable bonds is 2. The number of aliphatic hydroxyl groups excluding tert-OH is 1. The highest BCUT2D eigenvalue weighted by Crippen LogP contribution is 2.40. The number of aliphatic hydroxyl groups is 2. The average Bonchev–Trinajstić information content (AvgIpc) is 2.68. The number of halogens is 2. The summed E-state index contributed by atoms with van der Waals surface area (Å²) >= 11 is 1.55. The SMILES string of the molecule is CO[C@]1(C)C[C@@H](C)C(=O)[C@H](C)[C@@H](O)[C@](C)(O)[C@@H](I)OC(=O)[C@@](C)(F)C(=O)C[C@H]1C(C)C. The second-order valence-corrected chi connectivity index (χ2v) is 10.8. The molecule has 1 fully saturated rings. The average molecular weight is 558 g/mol. The van der Waals surface area contributed by atoms with Crippen molar-refractivity contribution in [1.29, 1.82) is 0 Å². The molecule has 0 spiro atoms. The van der Waals surface area contributed by atoms with Gasteiger partial charge in [0, 0.05) is 25.4 Å². The number of cyclic esters (lactones) is 1. The van der Waals surface area contributed by atoms with Crippen LogP contribution in [0.1, 0.15) is 61.3 Å². The van der Waals surface area contributed by atoms with Crippen LogP contribution in [0.3, 0.4) is 0 Å². The Kier molecular flexibility index (Phi) is 9.24. The fourth-order valence-electron chi connectivity index (χ4n) is 4.33. The van der Waals surface area contributed by atoms with Gasteiger partial charge in [-0.1, -0.05) is 27.7 Å². The molecule has 8 atom stereocenters. The van der Waals surface area contributed by atoms with Crippen LogP contribution in [0.2, 0.25) is 0 Å². The zero-order valence-electron chi connectivity index (χ0n) is 19.6. The molecule has 0 radical (unpaired) electrons. The number of Topliss-reactive ketones (excluding diaryl/α,β-unsaturated/α-hetero) is 2. The first kappa shape index (κ1) is 28.4. The molecule has 180 valence electrons. The summed E-state index contributed by atoms with van der Waals surface area (Å²) in [4.78, 5) is 38.4. The Bertz CT molecular complexity index is 693. The summed E-state index contributed by atoms with van der Waals surface area (Å²) in [6.45, 7) is 10.7. The minimum Gasteiger partial charge on any atom is -0.446 e. The number of esters is 1. The maximum absolute atomic E-state index is 15.3. The quantitative estimate of drug-likeness (QED) is 0.232. The molecule has 0 unspecified atom stereocenters. The molecule has 1 saturated heterocycles. The number of carbonyl (C=O) groups is 3. The smallest absolute Gasteiger partial charge is 0.352 e. The Hall–Kier alpha value is -0.650. The first-order valence-electron chi connectivity index (χ1n) is 10.5. The number of methoxy groups -OCH3 is 1. The summed E-state index contributed by atoms with van der Waals surface area (Å²) in [6, 6.07) is 0. The van der Waals surface area contributed by atoms with Crippen molar-refractivity contribution < 1.29 is 38.5 Å². The number of alkyl halides is 2. The van der Waals surface area contributed by atoms with Gasteiger partial charge in [-0.05, 0) is 61.6 Å². The molecule has 0 aromatic heterocycles.